The summed E-state index contributed by atoms with van der Waals surface area (Å²) < 4.78 is 5.62. The van der Waals surface area contributed by atoms with Gasteiger partial charge in [0.05, 0.1) is 11.9 Å². The van der Waals surface area contributed by atoms with E-state index in [4.69, 9.17) is 16.3 Å². The highest BCUT2D eigenvalue weighted by molar-refractivity contribution is 6.30. The van der Waals surface area contributed by atoms with Crippen molar-refractivity contribution in [3.05, 3.63) is 53.1 Å². The summed E-state index contributed by atoms with van der Waals surface area (Å²) >= 11 is 5.87. The molecule has 2 unspecified atom stereocenters. The Hall–Kier alpha value is -2.67. The number of nitrogens with one attached hydrogen (secondary N) is 1. The van der Waals surface area contributed by atoms with Gasteiger partial charge in [0.25, 0.3) is 11.8 Å². The molecule has 2 saturated heterocycles. The second kappa shape index (κ2) is 8.37. The van der Waals surface area contributed by atoms with Gasteiger partial charge >= 0.3 is 0 Å². The van der Waals surface area contributed by atoms with Gasteiger partial charge in [0, 0.05) is 29.3 Å². The Kier molecular flexibility index (Phi) is 5.67. The maximum Gasteiger partial charge on any atom is 0.271 e. The largest absolute Gasteiger partial charge is 0.484 e. The average molecular weight is 415 g/mol. The number of hydrogen-bond acceptors (Lipinski definition) is 5. The molecule has 1 aromatic carbocycles. The number of carbonyl (C=O) groups excluding carboxylic acids is 2. The highest BCUT2D eigenvalue weighted by atomic mass is 35.5. The summed E-state index contributed by atoms with van der Waals surface area (Å²) in [5.41, 5.74) is 1.09. The van der Waals surface area contributed by atoms with Gasteiger partial charge in [0.15, 0.2) is 6.61 Å². The number of fused-ring (bicyclic) bond motifs is 2. The molecule has 29 heavy (non-hydrogen) atoms. The van der Waals surface area contributed by atoms with E-state index in [1.807, 2.05) is 11.8 Å². The first-order chi connectivity index (χ1) is 14.0. The molecule has 2 aromatic rings. The zero-order valence-electron chi connectivity index (χ0n) is 16.2. The first-order valence-corrected chi connectivity index (χ1v) is 10.2. The number of ether oxygens (including phenoxy) is 1. The van der Waals surface area contributed by atoms with Gasteiger partial charge in [-0.15, -0.1) is 0 Å². The van der Waals surface area contributed by atoms with Gasteiger partial charge < -0.3 is 15.0 Å². The Bertz CT molecular complexity index is 874. The van der Waals surface area contributed by atoms with Crippen LogP contribution in [-0.4, -0.2) is 51.4 Å². The van der Waals surface area contributed by atoms with Crippen LogP contribution < -0.4 is 10.1 Å². The third-order valence-corrected chi connectivity index (χ3v) is 5.80. The lowest BCUT2D eigenvalue weighted by Crippen LogP contribution is -2.53. The van der Waals surface area contributed by atoms with Gasteiger partial charge in [-0.2, -0.15) is 0 Å². The Morgan fingerprint density at radius 3 is 2.45 bits per heavy atom. The number of benzene rings is 1. The standard InChI is InChI=1S/C21H23ClN4O3/c1-13-10-24-19(11-23-13)21(28)25-15-8-16-4-5-17(9-15)26(16)20(27)12-29-18-6-2-14(22)3-7-18/h2-3,6-7,10-11,15-17H,4-5,8-9,12H2,1H3,(H,25,28). The quantitative estimate of drug-likeness (QED) is 0.813. The molecule has 2 aliphatic rings. The minimum atomic E-state index is -0.215. The van der Waals surface area contributed by atoms with E-state index in [0.717, 1.165) is 31.4 Å². The van der Waals surface area contributed by atoms with Crippen molar-refractivity contribution in [1.82, 2.24) is 20.2 Å². The van der Waals surface area contributed by atoms with Crippen LogP contribution in [0.3, 0.4) is 0 Å². The van der Waals surface area contributed by atoms with Crippen molar-refractivity contribution >= 4 is 23.4 Å². The van der Waals surface area contributed by atoms with Crippen LogP contribution in [0.2, 0.25) is 5.02 Å². The Labute approximate surface area is 174 Å². The van der Waals surface area contributed by atoms with Crippen LogP contribution in [-0.2, 0) is 4.79 Å². The number of aromatic nitrogens is 2. The van der Waals surface area contributed by atoms with Crippen LogP contribution in [0.25, 0.3) is 0 Å². The number of carbonyl (C=O) groups is 2. The molecule has 0 aliphatic carbocycles. The molecule has 8 heteroatoms. The minimum absolute atomic E-state index is 0.00458. The molecule has 4 rings (SSSR count). The highest BCUT2D eigenvalue weighted by Crippen LogP contribution is 2.36. The van der Waals surface area contributed by atoms with E-state index in [1.165, 1.54) is 6.20 Å². The molecule has 2 bridgehead atoms. The summed E-state index contributed by atoms with van der Waals surface area (Å²) in [6, 6.07) is 7.26. The highest BCUT2D eigenvalue weighted by Gasteiger charge is 2.43. The number of amides is 2. The van der Waals surface area contributed by atoms with Crippen LogP contribution in [0.15, 0.2) is 36.7 Å². The van der Waals surface area contributed by atoms with Crippen LogP contribution >= 0.6 is 11.6 Å². The van der Waals surface area contributed by atoms with E-state index in [9.17, 15) is 9.59 Å². The first-order valence-electron chi connectivity index (χ1n) is 9.78. The van der Waals surface area contributed by atoms with E-state index < -0.39 is 0 Å². The maximum absolute atomic E-state index is 12.8. The first kappa shape index (κ1) is 19.6. The summed E-state index contributed by atoms with van der Waals surface area (Å²) in [5.74, 6) is 0.394. The normalized spacial score (nSPS) is 23.0. The van der Waals surface area contributed by atoms with Crippen molar-refractivity contribution < 1.29 is 14.3 Å². The zero-order valence-corrected chi connectivity index (χ0v) is 16.9. The van der Waals surface area contributed by atoms with Crippen LogP contribution in [0, 0.1) is 6.92 Å². The van der Waals surface area contributed by atoms with Crippen molar-refractivity contribution in [2.24, 2.45) is 0 Å². The van der Waals surface area contributed by atoms with Gasteiger partial charge in [-0.05, 0) is 56.9 Å². The fourth-order valence-corrected chi connectivity index (χ4v) is 4.35. The summed E-state index contributed by atoms with van der Waals surface area (Å²) in [6.45, 7) is 1.83. The van der Waals surface area contributed by atoms with Crippen molar-refractivity contribution in [3.8, 4) is 5.75 Å². The van der Waals surface area contributed by atoms with E-state index in [0.29, 0.717) is 16.5 Å². The molecule has 0 spiro atoms. The van der Waals surface area contributed by atoms with Gasteiger partial charge in [0.2, 0.25) is 0 Å². The number of nitrogens with zero attached hydrogens (tertiary/aromatic N) is 3. The Balaban J connectivity index is 1.32. The van der Waals surface area contributed by atoms with E-state index in [-0.39, 0.29) is 36.5 Å². The summed E-state index contributed by atoms with van der Waals surface area (Å²) in [6.07, 6.45) is 6.47. The molecular formula is C21H23ClN4O3. The van der Waals surface area contributed by atoms with Crippen molar-refractivity contribution in [2.75, 3.05) is 6.61 Å². The molecule has 0 saturated carbocycles. The van der Waals surface area contributed by atoms with Crippen LogP contribution in [0.1, 0.15) is 41.9 Å². The fourth-order valence-electron chi connectivity index (χ4n) is 4.22. The molecule has 1 aromatic heterocycles. The van der Waals surface area contributed by atoms with Gasteiger partial charge in [-0.1, -0.05) is 11.6 Å². The number of piperidine rings is 1. The van der Waals surface area contributed by atoms with E-state index in [1.54, 1.807) is 30.5 Å². The molecule has 2 fully saturated rings. The minimum Gasteiger partial charge on any atom is -0.484 e. The van der Waals surface area contributed by atoms with Gasteiger partial charge in [-0.25, -0.2) is 4.98 Å². The number of rotatable bonds is 5. The summed E-state index contributed by atoms with van der Waals surface area (Å²) in [7, 11) is 0. The Morgan fingerprint density at radius 2 is 1.83 bits per heavy atom. The summed E-state index contributed by atoms with van der Waals surface area (Å²) in [4.78, 5) is 35.4. The number of hydrogen-bond donors (Lipinski definition) is 1. The zero-order chi connectivity index (χ0) is 20.4. The predicted molar refractivity (Wildman–Crippen MR) is 108 cm³/mol. The van der Waals surface area contributed by atoms with E-state index >= 15 is 0 Å². The number of halogens is 1. The Morgan fingerprint density at radius 1 is 1.14 bits per heavy atom. The fraction of sp³-hybridized carbons (Fsp3) is 0.429. The van der Waals surface area contributed by atoms with Gasteiger partial charge in [-0.3, -0.25) is 14.6 Å². The molecule has 2 aliphatic heterocycles. The van der Waals surface area contributed by atoms with Crippen LogP contribution in [0.5, 0.6) is 5.75 Å². The van der Waals surface area contributed by atoms with Crippen molar-refractivity contribution in [1.29, 1.82) is 0 Å². The molecule has 2 atom stereocenters. The second-order valence-corrected chi connectivity index (χ2v) is 8.05. The SMILES string of the molecule is Cc1cnc(C(=O)NC2CC3CCC(C2)N3C(=O)COc2ccc(Cl)cc2)cn1. The maximum atomic E-state index is 12.8. The molecule has 7 nitrogen and oxygen atoms in total. The lowest BCUT2D eigenvalue weighted by Gasteiger charge is -2.39. The molecule has 3 heterocycles. The predicted octanol–water partition coefficient (Wildman–Crippen LogP) is 2.77. The van der Waals surface area contributed by atoms with Crippen molar-refractivity contribution in [3.63, 3.8) is 0 Å². The molecular weight excluding hydrogens is 392 g/mol. The molecule has 2 amide bonds. The molecule has 152 valence electrons. The lowest BCUT2D eigenvalue weighted by molar-refractivity contribution is -0.138. The van der Waals surface area contributed by atoms with E-state index in [2.05, 4.69) is 15.3 Å². The lowest BCUT2D eigenvalue weighted by atomic mass is 9.97. The monoisotopic (exact) mass is 414 g/mol. The smallest absolute Gasteiger partial charge is 0.271 e. The third kappa shape index (κ3) is 4.50. The number of aryl methyl sites for hydroxylation is 1. The van der Waals surface area contributed by atoms with Crippen molar-refractivity contribution in [2.45, 2.75) is 50.7 Å². The topological polar surface area (TPSA) is 84.4 Å². The second-order valence-electron chi connectivity index (χ2n) is 7.61. The van der Waals surface area contributed by atoms with Crippen LogP contribution in [0.4, 0.5) is 0 Å². The summed E-state index contributed by atoms with van der Waals surface area (Å²) in [5, 5.41) is 3.68. The molecule has 0 radical (unpaired) electrons. The third-order valence-electron chi connectivity index (χ3n) is 5.55. The van der Waals surface area contributed by atoms with Gasteiger partial charge in [0.1, 0.15) is 11.4 Å². The molecule has 1 N–H and O–H groups in total. The average Bonchev–Trinajstić information content (AvgIpc) is 2.98.